The van der Waals surface area contributed by atoms with Gasteiger partial charge in [-0.15, -0.1) is 0 Å². The molecule has 0 radical (unpaired) electrons. The number of nitrogens with two attached hydrogens (primary N) is 2. The summed E-state index contributed by atoms with van der Waals surface area (Å²) in [7, 11) is 0. The molecule has 12 nitrogen and oxygen atoms in total. The lowest BCUT2D eigenvalue weighted by atomic mass is 10.0. The molecule has 0 aliphatic heterocycles. The molecule has 12 heteroatoms. The van der Waals surface area contributed by atoms with E-state index in [1.807, 2.05) is 0 Å². The Hall–Kier alpha value is -2.73. The quantitative estimate of drug-likeness (QED) is 0.157. The van der Waals surface area contributed by atoms with Crippen LogP contribution in [0.15, 0.2) is 0 Å². The second-order valence-corrected chi connectivity index (χ2v) is 8.59. The smallest absolute Gasteiger partial charge is 0.326 e. The van der Waals surface area contributed by atoms with Gasteiger partial charge in [-0.05, 0) is 31.6 Å². The Morgan fingerprint density at radius 2 is 1.38 bits per heavy atom. The summed E-state index contributed by atoms with van der Waals surface area (Å²) in [6.07, 6.45) is -1.59. The fraction of sp³-hybridized carbons (Fsp3) is 0.750. The van der Waals surface area contributed by atoms with Crippen LogP contribution in [0.2, 0.25) is 0 Å². The number of nitrogens with one attached hydrogen (secondary N) is 3. The average Bonchev–Trinajstić information content (AvgIpc) is 2.66. The first-order valence-corrected chi connectivity index (χ1v) is 10.5. The Kier molecular flexibility index (Phi) is 12.5. The lowest BCUT2D eigenvalue weighted by Crippen LogP contribution is -2.60. The molecule has 4 amide bonds. The lowest BCUT2D eigenvalue weighted by Gasteiger charge is -2.27. The molecule has 5 atom stereocenters. The summed E-state index contributed by atoms with van der Waals surface area (Å²) in [6, 6.07) is -4.80. The molecule has 0 saturated heterocycles. The van der Waals surface area contributed by atoms with E-state index >= 15 is 0 Å². The fourth-order valence-electron chi connectivity index (χ4n) is 2.74. The number of amides is 4. The minimum Gasteiger partial charge on any atom is -0.480 e. The Balaban J connectivity index is 5.45. The summed E-state index contributed by atoms with van der Waals surface area (Å²) < 4.78 is 0. The predicted molar refractivity (Wildman–Crippen MR) is 116 cm³/mol. The number of carbonyl (C=O) groups is 5. The molecule has 0 aromatic carbocycles. The van der Waals surface area contributed by atoms with Crippen LogP contribution in [0.3, 0.4) is 0 Å². The summed E-state index contributed by atoms with van der Waals surface area (Å²) in [6.45, 7) is 8.34. The predicted octanol–water partition coefficient (Wildman–Crippen LogP) is -1.80. The van der Waals surface area contributed by atoms with Crippen LogP contribution in [-0.2, 0) is 24.0 Å². The van der Waals surface area contributed by atoms with Gasteiger partial charge >= 0.3 is 5.97 Å². The number of rotatable bonds is 14. The summed E-state index contributed by atoms with van der Waals surface area (Å²) in [5, 5.41) is 26.4. The number of aliphatic hydroxyl groups excluding tert-OH is 1. The second kappa shape index (κ2) is 13.6. The van der Waals surface area contributed by atoms with Gasteiger partial charge in [0, 0.05) is 6.42 Å². The maximum absolute atomic E-state index is 12.8. The van der Waals surface area contributed by atoms with Gasteiger partial charge in [0.1, 0.15) is 18.1 Å². The van der Waals surface area contributed by atoms with Crippen LogP contribution >= 0.6 is 0 Å². The Bertz CT molecular complexity index is 681. The number of aliphatic hydroxyl groups is 1. The van der Waals surface area contributed by atoms with Crippen molar-refractivity contribution >= 4 is 29.6 Å². The number of carbonyl (C=O) groups excluding carboxylic acids is 4. The van der Waals surface area contributed by atoms with Crippen molar-refractivity contribution in [3.63, 3.8) is 0 Å². The van der Waals surface area contributed by atoms with Crippen LogP contribution in [0.1, 0.15) is 53.9 Å². The highest BCUT2D eigenvalue weighted by Gasteiger charge is 2.33. The number of carboxylic acids is 1. The molecule has 32 heavy (non-hydrogen) atoms. The summed E-state index contributed by atoms with van der Waals surface area (Å²) in [5.74, 6) is -4.58. The summed E-state index contributed by atoms with van der Waals surface area (Å²) in [5.41, 5.74) is 10.8. The molecule has 0 fully saturated rings. The van der Waals surface area contributed by atoms with E-state index in [9.17, 15) is 34.2 Å². The van der Waals surface area contributed by atoms with Crippen LogP contribution < -0.4 is 27.4 Å². The molecule has 0 aliphatic carbocycles. The van der Waals surface area contributed by atoms with Crippen molar-refractivity contribution in [1.29, 1.82) is 0 Å². The van der Waals surface area contributed by atoms with E-state index in [1.54, 1.807) is 27.7 Å². The van der Waals surface area contributed by atoms with Gasteiger partial charge in [-0.3, -0.25) is 19.2 Å². The van der Waals surface area contributed by atoms with Gasteiger partial charge in [-0.2, -0.15) is 0 Å². The number of hydrogen-bond acceptors (Lipinski definition) is 7. The first kappa shape index (κ1) is 29.3. The standard InChI is InChI=1S/C20H37N5O7/c1-9(2)8-13(17(28)23-12(20(31)32)6-7-14(21)27)24-19(30)16(11(5)26)25-18(29)15(22)10(3)4/h9-13,15-16,26H,6-8,22H2,1-5H3,(H2,21,27)(H,23,28)(H,24,30)(H,25,29)(H,31,32). The first-order valence-electron chi connectivity index (χ1n) is 10.5. The van der Waals surface area contributed by atoms with Crippen LogP contribution in [0.4, 0.5) is 0 Å². The lowest BCUT2D eigenvalue weighted by molar-refractivity contribution is -0.142. The zero-order valence-corrected chi connectivity index (χ0v) is 19.3. The third kappa shape index (κ3) is 10.5. The number of aliphatic carboxylic acids is 1. The van der Waals surface area contributed by atoms with E-state index < -0.39 is 59.9 Å². The molecule has 5 unspecified atom stereocenters. The minimum atomic E-state index is -1.38. The zero-order chi connectivity index (χ0) is 25.2. The minimum absolute atomic E-state index is 0.0612. The van der Waals surface area contributed by atoms with Gasteiger partial charge in [0.05, 0.1) is 12.1 Å². The highest BCUT2D eigenvalue weighted by Crippen LogP contribution is 2.08. The van der Waals surface area contributed by atoms with Crippen LogP contribution in [-0.4, -0.2) is 70.1 Å². The third-order valence-corrected chi connectivity index (χ3v) is 4.72. The highest BCUT2D eigenvalue weighted by atomic mass is 16.4. The number of primary amides is 1. The van der Waals surface area contributed by atoms with Gasteiger partial charge in [0.25, 0.3) is 0 Å². The first-order chi connectivity index (χ1) is 14.7. The average molecular weight is 460 g/mol. The van der Waals surface area contributed by atoms with Gasteiger partial charge in [0.2, 0.25) is 23.6 Å². The molecule has 0 heterocycles. The fourth-order valence-corrected chi connectivity index (χ4v) is 2.74. The van der Waals surface area contributed by atoms with Gasteiger partial charge < -0.3 is 37.6 Å². The molecule has 184 valence electrons. The van der Waals surface area contributed by atoms with E-state index in [-0.39, 0.29) is 31.1 Å². The summed E-state index contributed by atoms with van der Waals surface area (Å²) in [4.78, 5) is 60.1. The zero-order valence-electron chi connectivity index (χ0n) is 19.3. The Labute approximate surface area is 187 Å². The van der Waals surface area contributed by atoms with Crippen LogP contribution in [0.5, 0.6) is 0 Å². The van der Waals surface area contributed by atoms with Gasteiger partial charge in [-0.1, -0.05) is 27.7 Å². The number of carboxylic acid groups (broad SMARTS) is 1. The normalized spacial score (nSPS) is 15.9. The highest BCUT2D eigenvalue weighted by molar-refractivity contribution is 5.94. The Morgan fingerprint density at radius 3 is 1.78 bits per heavy atom. The number of hydrogen-bond donors (Lipinski definition) is 7. The molecular formula is C20H37N5O7. The van der Waals surface area contributed by atoms with E-state index in [0.717, 1.165) is 0 Å². The Morgan fingerprint density at radius 1 is 0.844 bits per heavy atom. The van der Waals surface area contributed by atoms with Crippen molar-refractivity contribution in [3.8, 4) is 0 Å². The molecule has 0 aliphatic rings. The van der Waals surface area contributed by atoms with Gasteiger partial charge in [0.15, 0.2) is 0 Å². The third-order valence-electron chi connectivity index (χ3n) is 4.72. The van der Waals surface area contributed by atoms with E-state index in [1.165, 1.54) is 6.92 Å². The van der Waals surface area contributed by atoms with Crippen molar-refractivity contribution in [2.24, 2.45) is 23.3 Å². The molecule has 0 bridgehead atoms. The maximum atomic E-state index is 12.8. The van der Waals surface area contributed by atoms with E-state index in [2.05, 4.69) is 16.0 Å². The topological polar surface area (TPSA) is 214 Å². The van der Waals surface area contributed by atoms with Crippen LogP contribution in [0, 0.1) is 11.8 Å². The molecule has 0 rings (SSSR count). The maximum Gasteiger partial charge on any atom is 0.326 e. The molecule has 0 spiro atoms. The van der Waals surface area contributed by atoms with Crippen molar-refractivity contribution in [3.05, 3.63) is 0 Å². The van der Waals surface area contributed by atoms with Crippen molar-refractivity contribution in [2.45, 2.75) is 84.2 Å². The molecule has 9 N–H and O–H groups in total. The van der Waals surface area contributed by atoms with Crippen molar-refractivity contribution in [2.75, 3.05) is 0 Å². The summed E-state index contributed by atoms with van der Waals surface area (Å²) >= 11 is 0. The van der Waals surface area contributed by atoms with Crippen LogP contribution in [0.25, 0.3) is 0 Å². The van der Waals surface area contributed by atoms with Crippen molar-refractivity contribution in [1.82, 2.24) is 16.0 Å². The monoisotopic (exact) mass is 459 g/mol. The molecule has 0 saturated carbocycles. The SMILES string of the molecule is CC(C)CC(NC(=O)C(NC(=O)C(N)C(C)C)C(C)O)C(=O)NC(CCC(N)=O)C(=O)O. The van der Waals surface area contributed by atoms with Crippen molar-refractivity contribution < 1.29 is 34.2 Å². The molecule has 0 aromatic rings. The van der Waals surface area contributed by atoms with E-state index in [0.29, 0.717) is 0 Å². The molecular weight excluding hydrogens is 422 g/mol. The molecule has 0 aromatic heterocycles. The van der Waals surface area contributed by atoms with E-state index in [4.69, 9.17) is 11.5 Å². The second-order valence-electron chi connectivity index (χ2n) is 8.59. The van der Waals surface area contributed by atoms with Gasteiger partial charge in [-0.25, -0.2) is 4.79 Å². The largest absolute Gasteiger partial charge is 0.480 e.